The Hall–Kier alpha value is -1.99. The van der Waals surface area contributed by atoms with Gasteiger partial charge in [0.05, 0.1) is 19.1 Å². The van der Waals surface area contributed by atoms with E-state index in [1.54, 1.807) is 17.0 Å². The summed E-state index contributed by atoms with van der Waals surface area (Å²) in [5.41, 5.74) is 0.983. The molecule has 0 bridgehead atoms. The van der Waals surface area contributed by atoms with E-state index in [9.17, 15) is 14.0 Å². The first-order chi connectivity index (χ1) is 13.0. The van der Waals surface area contributed by atoms with E-state index >= 15 is 0 Å². The number of benzene rings is 1. The first-order valence-electron chi connectivity index (χ1n) is 9.64. The highest BCUT2D eigenvalue weighted by molar-refractivity contribution is 5.89. The Morgan fingerprint density at radius 3 is 2.48 bits per heavy atom. The predicted octanol–water partition coefficient (Wildman–Crippen LogP) is 1.58. The van der Waals surface area contributed by atoms with Gasteiger partial charge in [-0.1, -0.05) is 12.1 Å². The Morgan fingerprint density at radius 1 is 1.15 bits per heavy atom. The average molecular weight is 376 g/mol. The third-order valence-corrected chi connectivity index (χ3v) is 5.80. The summed E-state index contributed by atoms with van der Waals surface area (Å²) in [7, 11) is 0. The van der Waals surface area contributed by atoms with Gasteiger partial charge in [0, 0.05) is 45.4 Å². The lowest BCUT2D eigenvalue weighted by Gasteiger charge is -2.38. The first-order valence-corrected chi connectivity index (χ1v) is 9.64. The van der Waals surface area contributed by atoms with Crippen LogP contribution in [0.15, 0.2) is 24.3 Å². The molecule has 3 saturated heterocycles. The van der Waals surface area contributed by atoms with Gasteiger partial charge in [0.2, 0.25) is 11.8 Å². The number of piperidine rings is 1. The maximum Gasteiger partial charge on any atom is 0.228 e. The number of likely N-dealkylation sites (tertiary alicyclic amines) is 2. The van der Waals surface area contributed by atoms with Crippen LogP contribution in [0.3, 0.4) is 0 Å². The van der Waals surface area contributed by atoms with Crippen LogP contribution in [0.4, 0.5) is 4.39 Å². The van der Waals surface area contributed by atoms with Gasteiger partial charge in [0.15, 0.2) is 5.79 Å². The molecule has 2 amide bonds. The van der Waals surface area contributed by atoms with Crippen molar-refractivity contribution in [2.24, 2.45) is 5.92 Å². The molecule has 6 nitrogen and oxygen atoms in total. The van der Waals surface area contributed by atoms with E-state index in [0.29, 0.717) is 58.7 Å². The first kappa shape index (κ1) is 18.4. The Morgan fingerprint density at radius 2 is 1.81 bits per heavy atom. The highest BCUT2D eigenvalue weighted by Crippen LogP contribution is 2.32. The molecular weight excluding hydrogens is 351 g/mol. The minimum Gasteiger partial charge on any atom is -0.347 e. The summed E-state index contributed by atoms with van der Waals surface area (Å²) in [5.74, 6) is -0.959. The molecule has 3 aliphatic rings. The van der Waals surface area contributed by atoms with Crippen LogP contribution in [-0.2, 0) is 25.5 Å². The zero-order chi connectivity index (χ0) is 18.9. The van der Waals surface area contributed by atoms with Gasteiger partial charge in [-0.2, -0.15) is 0 Å². The van der Waals surface area contributed by atoms with Gasteiger partial charge in [-0.15, -0.1) is 0 Å². The highest BCUT2D eigenvalue weighted by Gasteiger charge is 2.43. The van der Waals surface area contributed by atoms with Crippen molar-refractivity contribution in [1.29, 1.82) is 0 Å². The molecule has 1 aromatic rings. The number of carbonyl (C=O) groups is 2. The van der Waals surface area contributed by atoms with Crippen LogP contribution in [0.1, 0.15) is 24.8 Å². The van der Waals surface area contributed by atoms with Crippen molar-refractivity contribution in [2.75, 3.05) is 39.4 Å². The maximum atomic E-state index is 13.0. The molecule has 0 N–H and O–H groups in total. The number of halogens is 1. The number of hydrogen-bond donors (Lipinski definition) is 0. The van der Waals surface area contributed by atoms with Crippen molar-refractivity contribution in [3.8, 4) is 0 Å². The van der Waals surface area contributed by atoms with E-state index in [1.165, 1.54) is 12.1 Å². The van der Waals surface area contributed by atoms with Crippen molar-refractivity contribution < 1.29 is 23.5 Å². The Kier molecular flexibility index (Phi) is 5.14. The molecule has 0 aliphatic carbocycles. The summed E-state index contributed by atoms with van der Waals surface area (Å²) >= 11 is 0. The van der Waals surface area contributed by atoms with Crippen molar-refractivity contribution in [3.63, 3.8) is 0 Å². The molecule has 3 aliphatic heterocycles. The van der Waals surface area contributed by atoms with Crippen LogP contribution < -0.4 is 0 Å². The van der Waals surface area contributed by atoms with Gasteiger partial charge >= 0.3 is 0 Å². The summed E-state index contributed by atoms with van der Waals surface area (Å²) < 4.78 is 24.4. The monoisotopic (exact) mass is 376 g/mol. The van der Waals surface area contributed by atoms with Crippen LogP contribution in [0.2, 0.25) is 0 Å². The third kappa shape index (κ3) is 3.99. The van der Waals surface area contributed by atoms with E-state index in [2.05, 4.69) is 0 Å². The lowest BCUT2D eigenvalue weighted by Crippen LogP contribution is -2.49. The van der Waals surface area contributed by atoms with E-state index in [1.807, 2.05) is 4.90 Å². The predicted molar refractivity (Wildman–Crippen MR) is 95.2 cm³/mol. The van der Waals surface area contributed by atoms with Crippen molar-refractivity contribution in [2.45, 2.75) is 31.5 Å². The smallest absolute Gasteiger partial charge is 0.228 e. The van der Waals surface area contributed by atoms with E-state index < -0.39 is 5.79 Å². The Labute approximate surface area is 158 Å². The zero-order valence-electron chi connectivity index (χ0n) is 15.4. The van der Waals surface area contributed by atoms with Crippen LogP contribution in [0.25, 0.3) is 0 Å². The average Bonchev–Trinajstić information content (AvgIpc) is 3.28. The Balaban J connectivity index is 1.28. The fourth-order valence-electron chi connectivity index (χ4n) is 4.18. The van der Waals surface area contributed by atoms with E-state index in [-0.39, 0.29) is 30.0 Å². The molecule has 27 heavy (non-hydrogen) atoms. The number of hydrogen-bond acceptors (Lipinski definition) is 4. The molecular formula is C20H25FN2O4. The molecule has 1 spiro atoms. The number of rotatable bonds is 4. The van der Waals surface area contributed by atoms with Crippen molar-refractivity contribution >= 4 is 11.8 Å². The maximum absolute atomic E-state index is 13.0. The topological polar surface area (TPSA) is 59.1 Å². The van der Waals surface area contributed by atoms with Gasteiger partial charge in [0.25, 0.3) is 0 Å². The molecule has 3 fully saturated rings. The fourth-order valence-corrected chi connectivity index (χ4v) is 4.18. The molecule has 0 aromatic heterocycles. The second-order valence-electron chi connectivity index (χ2n) is 7.55. The quantitative estimate of drug-likeness (QED) is 0.801. The number of amides is 2. The fraction of sp³-hybridized carbons (Fsp3) is 0.600. The van der Waals surface area contributed by atoms with Crippen LogP contribution in [0.5, 0.6) is 0 Å². The number of ether oxygens (including phenoxy) is 2. The minimum absolute atomic E-state index is 0.0198. The van der Waals surface area contributed by atoms with E-state index in [4.69, 9.17) is 9.47 Å². The van der Waals surface area contributed by atoms with E-state index in [0.717, 1.165) is 5.56 Å². The number of nitrogens with zero attached hydrogens (tertiary/aromatic N) is 2. The molecule has 4 rings (SSSR count). The SMILES string of the molecule is O=C1CC(C(=O)N2CCC3(CC2)OCCO3)CN1CCc1ccc(F)cc1. The summed E-state index contributed by atoms with van der Waals surface area (Å²) in [6.45, 7) is 3.48. The second-order valence-corrected chi connectivity index (χ2v) is 7.55. The second kappa shape index (κ2) is 7.56. The number of carbonyl (C=O) groups excluding carboxylic acids is 2. The summed E-state index contributed by atoms with van der Waals surface area (Å²) in [5, 5.41) is 0. The highest BCUT2D eigenvalue weighted by atomic mass is 19.1. The minimum atomic E-state index is -0.497. The normalized spacial score (nSPS) is 24.8. The van der Waals surface area contributed by atoms with Gasteiger partial charge in [-0.25, -0.2) is 4.39 Å². The van der Waals surface area contributed by atoms with Gasteiger partial charge in [-0.3, -0.25) is 9.59 Å². The lowest BCUT2D eigenvalue weighted by atomic mass is 10.0. The molecule has 146 valence electrons. The van der Waals surface area contributed by atoms with Crippen molar-refractivity contribution in [3.05, 3.63) is 35.6 Å². The summed E-state index contributed by atoms with van der Waals surface area (Å²) in [6, 6.07) is 6.31. The largest absolute Gasteiger partial charge is 0.347 e. The molecule has 1 unspecified atom stereocenters. The standard InChI is InChI=1S/C20H25FN2O4/c21-17-3-1-15(2-4-17)5-8-23-14-16(13-18(23)24)19(25)22-9-6-20(7-10-22)26-11-12-27-20/h1-4,16H,5-14H2. The summed E-state index contributed by atoms with van der Waals surface area (Å²) in [4.78, 5) is 28.7. The van der Waals surface area contributed by atoms with Gasteiger partial charge in [-0.05, 0) is 24.1 Å². The molecule has 3 heterocycles. The van der Waals surface area contributed by atoms with Crippen molar-refractivity contribution in [1.82, 2.24) is 9.80 Å². The van der Waals surface area contributed by atoms with Crippen LogP contribution >= 0.6 is 0 Å². The lowest BCUT2D eigenvalue weighted by molar-refractivity contribution is -0.188. The van der Waals surface area contributed by atoms with Crippen LogP contribution in [0, 0.1) is 11.7 Å². The zero-order valence-corrected chi connectivity index (χ0v) is 15.4. The molecule has 1 atom stereocenters. The third-order valence-electron chi connectivity index (χ3n) is 5.80. The molecule has 0 radical (unpaired) electrons. The summed E-state index contributed by atoms with van der Waals surface area (Å²) in [6.07, 6.45) is 2.31. The molecule has 1 aromatic carbocycles. The molecule has 0 saturated carbocycles. The Bertz CT molecular complexity index is 692. The molecule has 7 heteroatoms. The van der Waals surface area contributed by atoms with Crippen LogP contribution in [-0.4, -0.2) is 66.8 Å². The van der Waals surface area contributed by atoms with Gasteiger partial charge in [0.1, 0.15) is 5.82 Å². The van der Waals surface area contributed by atoms with Gasteiger partial charge < -0.3 is 19.3 Å².